The van der Waals surface area contributed by atoms with Crippen molar-refractivity contribution in [3.8, 4) is 5.75 Å². The van der Waals surface area contributed by atoms with Gasteiger partial charge in [-0.1, -0.05) is 18.2 Å². The number of rotatable bonds is 4. The van der Waals surface area contributed by atoms with Crippen molar-refractivity contribution in [2.24, 2.45) is 0 Å². The summed E-state index contributed by atoms with van der Waals surface area (Å²) in [5.41, 5.74) is 0.284. The second-order valence-electron chi connectivity index (χ2n) is 5.49. The van der Waals surface area contributed by atoms with Crippen molar-refractivity contribution in [1.29, 1.82) is 0 Å². The van der Waals surface area contributed by atoms with Gasteiger partial charge in [0.1, 0.15) is 11.6 Å². The van der Waals surface area contributed by atoms with Gasteiger partial charge >= 0.3 is 5.97 Å². The Morgan fingerprint density at radius 3 is 2.15 bits per heavy atom. The minimum Gasteiger partial charge on any atom is -0.508 e. The summed E-state index contributed by atoms with van der Waals surface area (Å²) in [6, 6.07) is 17.0. The highest BCUT2D eigenvalue weighted by molar-refractivity contribution is 6.13. The number of carbonyl (C=O) groups excluding carboxylic acids is 1. The van der Waals surface area contributed by atoms with Crippen LogP contribution in [-0.4, -0.2) is 22.1 Å². The molecule has 0 saturated carbocycles. The number of halogens is 1. The van der Waals surface area contributed by atoms with E-state index in [4.69, 9.17) is 0 Å². The molecule has 0 spiro atoms. The zero-order chi connectivity index (χ0) is 18.7. The maximum Gasteiger partial charge on any atom is 0.337 e. The van der Waals surface area contributed by atoms with Crippen LogP contribution in [0.15, 0.2) is 72.8 Å². The molecule has 3 aromatic carbocycles. The zero-order valence-electron chi connectivity index (χ0n) is 13.5. The SMILES string of the molecule is O=C(O)c1ccc(F)cc1N(C(=O)c1ccccc1)c1ccc(O)cc1. The first kappa shape index (κ1) is 17.2. The molecular formula is C20H14FNO4. The molecule has 0 aliphatic carbocycles. The fourth-order valence-electron chi connectivity index (χ4n) is 2.55. The molecule has 0 unspecified atom stereocenters. The van der Waals surface area contributed by atoms with Gasteiger partial charge in [-0.25, -0.2) is 9.18 Å². The molecule has 3 aromatic rings. The van der Waals surface area contributed by atoms with Crippen LogP contribution in [0.3, 0.4) is 0 Å². The number of hydrogen-bond acceptors (Lipinski definition) is 3. The van der Waals surface area contributed by atoms with Gasteiger partial charge in [-0.3, -0.25) is 9.69 Å². The number of carbonyl (C=O) groups is 2. The van der Waals surface area contributed by atoms with E-state index in [0.29, 0.717) is 11.3 Å². The summed E-state index contributed by atoms with van der Waals surface area (Å²) in [5, 5.41) is 18.9. The maximum atomic E-state index is 13.8. The quantitative estimate of drug-likeness (QED) is 0.738. The summed E-state index contributed by atoms with van der Waals surface area (Å²) >= 11 is 0. The zero-order valence-corrected chi connectivity index (χ0v) is 13.5. The number of phenolic OH excluding ortho intramolecular Hbond substituents is 1. The fraction of sp³-hybridized carbons (Fsp3) is 0. The molecule has 130 valence electrons. The van der Waals surface area contributed by atoms with Gasteiger partial charge in [0.2, 0.25) is 0 Å². The molecule has 2 N–H and O–H groups in total. The molecule has 0 radical (unpaired) electrons. The third kappa shape index (κ3) is 3.39. The first-order chi connectivity index (χ1) is 12.5. The van der Waals surface area contributed by atoms with Crippen LogP contribution in [0, 0.1) is 5.82 Å². The summed E-state index contributed by atoms with van der Waals surface area (Å²) in [6.45, 7) is 0. The molecule has 0 atom stereocenters. The molecule has 5 nitrogen and oxygen atoms in total. The Bertz CT molecular complexity index is 955. The van der Waals surface area contributed by atoms with Crippen LogP contribution in [0.5, 0.6) is 5.75 Å². The Kier molecular flexibility index (Phi) is 4.66. The standard InChI is InChI=1S/C20H14FNO4/c21-14-6-11-17(20(25)26)18(12-14)22(15-7-9-16(23)10-8-15)19(24)13-4-2-1-3-5-13/h1-12,23H,(H,25,26). The lowest BCUT2D eigenvalue weighted by Crippen LogP contribution is -2.27. The Balaban J connectivity index is 2.22. The summed E-state index contributed by atoms with van der Waals surface area (Å²) < 4.78 is 13.8. The molecule has 0 aliphatic rings. The van der Waals surface area contributed by atoms with Gasteiger partial charge in [-0.05, 0) is 54.6 Å². The smallest absolute Gasteiger partial charge is 0.337 e. The number of benzene rings is 3. The summed E-state index contributed by atoms with van der Waals surface area (Å²) in [6.07, 6.45) is 0. The van der Waals surface area contributed by atoms with Gasteiger partial charge in [0.25, 0.3) is 5.91 Å². The lowest BCUT2D eigenvalue weighted by molar-refractivity contribution is 0.0697. The van der Waals surface area contributed by atoms with E-state index in [2.05, 4.69) is 0 Å². The van der Waals surface area contributed by atoms with Crippen LogP contribution in [-0.2, 0) is 0 Å². The third-order valence-electron chi connectivity index (χ3n) is 3.76. The summed E-state index contributed by atoms with van der Waals surface area (Å²) in [4.78, 5) is 25.8. The lowest BCUT2D eigenvalue weighted by atomic mass is 10.1. The maximum absolute atomic E-state index is 13.8. The Labute approximate surface area is 148 Å². The van der Waals surface area contributed by atoms with Crippen molar-refractivity contribution in [2.75, 3.05) is 4.90 Å². The van der Waals surface area contributed by atoms with Crippen molar-refractivity contribution >= 4 is 23.3 Å². The number of aromatic hydroxyl groups is 1. The van der Waals surface area contributed by atoms with Crippen molar-refractivity contribution in [1.82, 2.24) is 0 Å². The van der Waals surface area contributed by atoms with Crippen LogP contribution in [0.25, 0.3) is 0 Å². The van der Waals surface area contributed by atoms with Crippen LogP contribution in [0.4, 0.5) is 15.8 Å². The van der Waals surface area contributed by atoms with Crippen molar-refractivity contribution in [3.05, 3.63) is 89.7 Å². The van der Waals surface area contributed by atoms with E-state index in [-0.39, 0.29) is 17.0 Å². The van der Waals surface area contributed by atoms with E-state index in [1.54, 1.807) is 30.3 Å². The van der Waals surface area contributed by atoms with Gasteiger partial charge in [-0.15, -0.1) is 0 Å². The van der Waals surface area contributed by atoms with Crippen LogP contribution >= 0.6 is 0 Å². The number of carboxylic acid groups (broad SMARTS) is 1. The molecule has 0 saturated heterocycles. The average molecular weight is 351 g/mol. The number of aromatic carboxylic acids is 1. The Morgan fingerprint density at radius 2 is 1.54 bits per heavy atom. The molecular weight excluding hydrogens is 337 g/mol. The van der Waals surface area contributed by atoms with Crippen molar-refractivity contribution in [3.63, 3.8) is 0 Å². The molecule has 0 heterocycles. The number of carboxylic acids is 1. The monoisotopic (exact) mass is 351 g/mol. The largest absolute Gasteiger partial charge is 0.508 e. The van der Waals surface area contributed by atoms with E-state index in [1.807, 2.05) is 0 Å². The highest BCUT2D eigenvalue weighted by Gasteiger charge is 2.25. The highest BCUT2D eigenvalue weighted by Crippen LogP contribution is 2.32. The van der Waals surface area contributed by atoms with Crippen LogP contribution in [0.1, 0.15) is 20.7 Å². The fourth-order valence-corrected chi connectivity index (χ4v) is 2.55. The molecule has 0 bridgehead atoms. The number of anilines is 2. The first-order valence-corrected chi connectivity index (χ1v) is 7.69. The molecule has 0 fully saturated rings. The first-order valence-electron chi connectivity index (χ1n) is 7.69. The van der Waals surface area contributed by atoms with Gasteiger partial charge in [-0.2, -0.15) is 0 Å². The Morgan fingerprint density at radius 1 is 0.885 bits per heavy atom. The normalized spacial score (nSPS) is 10.3. The molecule has 6 heteroatoms. The number of hydrogen-bond donors (Lipinski definition) is 2. The molecule has 3 rings (SSSR count). The van der Waals surface area contributed by atoms with E-state index >= 15 is 0 Å². The van der Waals surface area contributed by atoms with Gasteiger partial charge in [0.15, 0.2) is 0 Å². The number of amides is 1. The number of phenols is 1. The van der Waals surface area contributed by atoms with Crippen molar-refractivity contribution < 1.29 is 24.2 Å². The molecule has 26 heavy (non-hydrogen) atoms. The predicted molar refractivity (Wildman–Crippen MR) is 94.4 cm³/mol. The van der Waals surface area contributed by atoms with Gasteiger partial charge in [0.05, 0.1) is 11.3 Å². The second-order valence-corrected chi connectivity index (χ2v) is 5.49. The van der Waals surface area contributed by atoms with Crippen LogP contribution in [0.2, 0.25) is 0 Å². The van der Waals surface area contributed by atoms with Gasteiger partial charge in [0, 0.05) is 11.3 Å². The third-order valence-corrected chi connectivity index (χ3v) is 3.76. The van der Waals surface area contributed by atoms with Gasteiger partial charge < -0.3 is 10.2 Å². The van der Waals surface area contributed by atoms with Crippen molar-refractivity contribution in [2.45, 2.75) is 0 Å². The molecule has 0 aliphatic heterocycles. The summed E-state index contributed by atoms with van der Waals surface area (Å²) in [7, 11) is 0. The van der Waals surface area contributed by atoms with E-state index < -0.39 is 17.7 Å². The lowest BCUT2D eigenvalue weighted by Gasteiger charge is -2.25. The van der Waals surface area contributed by atoms with Crippen LogP contribution < -0.4 is 4.90 Å². The summed E-state index contributed by atoms with van der Waals surface area (Å²) in [5.74, 6) is -2.50. The average Bonchev–Trinajstić information content (AvgIpc) is 2.64. The highest BCUT2D eigenvalue weighted by atomic mass is 19.1. The topological polar surface area (TPSA) is 77.8 Å². The Hall–Kier alpha value is -3.67. The van der Waals surface area contributed by atoms with E-state index in [9.17, 15) is 24.2 Å². The number of nitrogens with zero attached hydrogens (tertiary/aromatic N) is 1. The van der Waals surface area contributed by atoms with E-state index in [1.165, 1.54) is 24.3 Å². The van der Waals surface area contributed by atoms with E-state index in [0.717, 1.165) is 23.1 Å². The predicted octanol–water partition coefficient (Wildman–Crippen LogP) is 4.21. The molecule has 1 amide bonds. The second kappa shape index (κ2) is 7.06. The molecule has 0 aromatic heterocycles. The minimum absolute atomic E-state index is 0.0152. The minimum atomic E-state index is -1.29.